The smallest absolute Gasteiger partial charge is 0.328 e. The average molecular weight is 396 g/mol. The van der Waals surface area contributed by atoms with Gasteiger partial charge in [0.1, 0.15) is 5.76 Å². The predicted octanol–water partition coefficient (Wildman–Crippen LogP) is 4.61. The average Bonchev–Trinajstić information content (AvgIpc) is 3.25. The molecule has 0 bridgehead atoms. The number of rotatable bonds is 12. The van der Waals surface area contributed by atoms with Crippen molar-refractivity contribution >= 4 is 21.7 Å². The lowest BCUT2D eigenvalue weighted by molar-refractivity contribution is 0.0940. The number of carbonyl (C=O) groups excluding carboxylic acids is 2. The third-order valence-corrected chi connectivity index (χ3v) is 4.91. The number of unbranched alkanes of at least 4 members (excludes halogenated alkanes) is 5. The Morgan fingerprint density at radius 1 is 0.815 bits per heavy atom. The highest BCUT2D eigenvalue weighted by atomic mass is 32.2. The van der Waals surface area contributed by atoms with Crippen molar-refractivity contribution in [1.82, 2.24) is 0 Å². The minimum Gasteiger partial charge on any atom is -0.458 e. The van der Waals surface area contributed by atoms with E-state index in [1.165, 1.54) is 6.07 Å². The summed E-state index contributed by atoms with van der Waals surface area (Å²) in [6.07, 6.45) is 5.95. The fraction of sp³-hybridized carbons (Fsp3) is 0.474. The SMILES string of the molecule is Cc1ccc(C(=O)CCCCCCCCC(=O)c2ccc(S(=O)(=O)O)o2)o1. The van der Waals surface area contributed by atoms with E-state index in [2.05, 4.69) is 0 Å². The van der Waals surface area contributed by atoms with Crippen LogP contribution in [0.3, 0.4) is 0 Å². The van der Waals surface area contributed by atoms with Crippen LogP contribution in [0.15, 0.2) is 38.2 Å². The molecule has 0 fully saturated rings. The quantitative estimate of drug-likeness (QED) is 0.316. The maximum absolute atomic E-state index is 11.9. The Balaban J connectivity index is 1.55. The zero-order valence-electron chi connectivity index (χ0n) is 15.3. The van der Waals surface area contributed by atoms with Gasteiger partial charge in [0.2, 0.25) is 5.09 Å². The third kappa shape index (κ3) is 6.80. The first-order valence-electron chi connectivity index (χ1n) is 8.97. The monoisotopic (exact) mass is 396 g/mol. The van der Waals surface area contributed by atoms with Crippen LogP contribution < -0.4 is 0 Å². The van der Waals surface area contributed by atoms with E-state index >= 15 is 0 Å². The zero-order chi connectivity index (χ0) is 19.9. The van der Waals surface area contributed by atoms with Crippen LogP contribution in [-0.4, -0.2) is 24.5 Å². The number of hydrogen-bond donors (Lipinski definition) is 1. The highest BCUT2D eigenvalue weighted by molar-refractivity contribution is 7.85. The summed E-state index contributed by atoms with van der Waals surface area (Å²) in [5, 5.41) is -0.620. The summed E-state index contributed by atoms with van der Waals surface area (Å²) in [6, 6.07) is 5.80. The Bertz CT molecular complexity index is 874. The third-order valence-electron chi connectivity index (χ3n) is 4.18. The van der Waals surface area contributed by atoms with Crippen LogP contribution >= 0.6 is 0 Å². The molecule has 0 saturated carbocycles. The predicted molar refractivity (Wildman–Crippen MR) is 97.6 cm³/mol. The van der Waals surface area contributed by atoms with Gasteiger partial charge in [-0.05, 0) is 44.0 Å². The molecule has 0 radical (unpaired) electrons. The Labute approximate surface area is 158 Å². The van der Waals surface area contributed by atoms with Gasteiger partial charge in [-0.2, -0.15) is 8.42 Å². The lowest BCUT2D eigenvalue weighted by atomic mass is 10.0. The molecular weight excluding hydrogens is 372 g/mol. The molecule has 0 atom stereocenters. The Hall–Kier alpha value is -2.19. The van der Waals surface area contributed by atoms with Crippen LogP contribution in [0.1, 0.15) is 78.2 Å². The Morgan fingerprint density at radius 2 is 1.30 bits per heavy atom. The normalized spacial score (nSPS) is 11.6. The second-order valence-corrected chi connectivity index (χ2v) is 7.82. The van der Waals surface area contributed by atoms with Crippen molar-refractivity contribution in [2.75, 3.05) is 0 Å². The molecule has 0 amide bonds. The molecule has 0 unspecified atom stereocenters. The molecule has 1 N–H and O–H groups in total. The summed E-state index contributed by atoms with van der Waals surface area (Å²) in [6.45, 7) is 1.81. The summed E-state index contributed by atoms with van der Waals surface area (Å²) in [5.74, 6) is 0.827. The number of furan rings is 2. The lowest BCUT2D eigenvalue weighted by Gasteiger charge is -2.01. The molecule has 27 heavy (non-hydrogen) atoms. The van der Waals surface area contributed by atoms with Crippen LogP contribution in [0.2, 0.25) is 0 Å². The van der Waals surface area contributed by atoms with Gasteiger partial charge in [0.15, 0.2) is 23.1 Å². The summed E-state index contributed by atoms with van der Waals surface area (Å²) >= 11 is 0. The first-order chi connectivity index (χ1) is 12.8. The van der Waals surface area contributed by atoms with Crippen LogP contribution in [0.25, 0.3) is 0 Å². The van der Waals surface area contributed by atoms with Gasteiger partial charge >= 0.3 is 10.1 Å². The molecule has 2 rings (SSSR count). The van der Waals surface area contributed by atoms with E-state index in [1.54, 1.807) is 19.1 Å². The molecule has 0 saturated heterocycles. The van der Waals surface area contributed by atoms with Crippen LogP contribution in [0, 0.1) is 6.92 Å². The van der Waals surface area contributed by atoms with E-state index in [-0.39, 0.29) is 23.7 Å². The van der Waals surface area contributed by atoms with E-state index in [0.717, 1.165) is 43.9 Å². The highest BCUT2D eigenvalue weighted by Gasteiger charge is 2.18. The molecule has 2 aromatic heterocycles. The van der Waals surface area contributed by atoms with E-state index in [0.29, 0.717) is 18.6 Å². The van der Waals surface area contributed by atoms with Gasteiger partial charge in [0, 0.05) is 12.8 Å². The second-order valence-electron chi connectivity index (χ2n) is 6.47. The van der Waals surface area contributed by atoms with Crippen LogP contribution in [0.5, 0.6) is 0 Å². The van der Waals surface area contributed by atoms with Gasteiger partial charge in [-0.25, -0.2) is 0 Å². The maximum Gasteiger partial charge on any atom is 0.328 e. The van der Waals surface area contributed by atoms with Crippen molar-refractivity contribution in [3.05, 3.63) is 41.5 Å². The Morgan fingerprint density at radius 3 is 1.74 bits per heavy atom. The van der Waals surface area contributed by atoms with E-state index < -0.39 is 15.2 Å². The van der Waals surface area contributed by atoms with Gasteiger partial charge in [0.05, 0.1) is 0 Å². The van der Waals surface area contributed by atoms with Crippen molar-refractivity contribution in [3.63, 3.8) is 0 Å². The first-order valence-corrected chi connectivity index (χ1v) is 10.4. The fourth-order valence-electron chi connectivity index (χ4n) is 2.72. The minimum absolute atomic E-state index is 0.0245. The standard InChI is InChI=1S/C19H24O7S/c1-14-10-11-17(25-14)15(20)8-6-4-2-3-5-7-9-16(21)18-12-13-19(26-18)27(22,23)24/h10-13H,2-9H2,1H3,(H,22,23,24). The van der Waals surface area contributed by atoms with Crippen LogP contribution in [-0.2, 0) is 10.1 Å². The van der Waals surface area contributed by atoms with Crippen molar-refractivity contribution < 1.29 is 31.4 Å². The van der Waals surface area contributed by atoms with Gasteiger partial charge in [0.25, 0.3) is 0 Å². The summed E-state index contributed by atoms with van der Waals surface area (Å²) in [7, 11) is -4.43. The summed E-state index contributed by atoms with van der Waals surface area (Å²) in [4.78, 5) is 23.8. The van der Waals surface area contributed by atoms with Crippen LogP contribution in [0.4, 0.5) is 0 Å². The van der Waals surface area contributed by atoms with E-state index in [9.17, 15) is 18.0 Å². The fourth-order valence-corrected chi connectivity index (χ4v) is 3.15. The van der Waals surface area contributed by atoms with Crippen molar-refractivity contribution in [1.29, 1.82) is 0 Å². The number of hydrogen-bond acceptors (Lipinski definition) is 6. The molecule has 7 nitrogen and oxygen atoms in total. The largest absolute Gasteiger partial charge is 0.458 e. The van der Waals surface area contributed by atoms with Gasteiger partial charge in [-0.1, -0.05) is 25.7 Å². The van der Waals surface area contributed by atoms with E-state index in [1.807, 2.05) is 0 Å². The number of Topliss-reactive ketones (excluding diaryl/α,β-unsaturated/α-hetero) is 2. The maximum atomic E-state index is 11.9. The first kappa shape index (κ1) is 21.1. The van der Waals surface area contributed by atoms with Gasteiger partial charge < -0.3 is 8.83 Å². The highest BCUT2D eigenvalue weighted by Crippen LogP contribution is 2.17. The molecule has 8 heteroatoms. The lowest BCUT2D eigenvalue weighted by Crippen LogP contribution is -1.98. The van der Waals surface area contributed by atoms with Crippen molar-refractivity contribution in [2.45, 2.75) is 63.4 Å². The molecule has 0 aliphatic rings. The second kappa shape index (κ2) is 9.66. The molecule has 0 aromatic carbocycles. The van der Waals surface area contributed by atoms with Gasteiger partial charge in [-0.15, -0.1) is 0 Å². The molecule has 2 aromatic rings. The molecular formula is C19H24O7S. The molecule has 0 aliphatic heterocycles. The number of carbonyl (C=O) groups is 2. The Kier molecular flexibility index (Phi) is 7.55. The summed E-state index contributed by atoms with van der Waals surface area (Å²) in [5.41, 5.74) is 0. The number of ketones is 2. The zero-order valence-corrected chi connectivity index (χ0v) is 16.1. The molecule has 148 valence electrons. The molecule has 2 heterocycles. The van der Waals surface area contributed by atoms with Gasteiger partial charge in [-0.3, -0.25) is 14.1 Å². The molecule has 0 aliphatic carbocycles. The van der Waals surface area contributed by atoms with Crippen molar-refractivity contribution in [2.24, 2.45) is 0 Å². The summed E-state index contributed by atoms with van der Waals surface area (Å²) < 4.78 is 40.8. The molecule has 0 spiro atoms. The van der Waals surface area contributed by atoms with E-state index in [4.69, 9.17) is 13.4 Å². The number of aryl methyl sites for hydroxylation is 1. The van der Waals surface area contributed by atoms with Crippen molar-refractivity contribution in [3.8, 4) is 0 Å². The minimum atomic E-state index is -4.43. The topological polar surface area (TPSA) is 115 Å².